The van der Waals surface area contributed by atoms with Crippen LogP contribution in [0.1, 0.15) is 48.0 Å². The van der Waals surface area contributed by atoms with Crippen molar-refractivity contribution in [3.05, 3.63) is 35.4 Å². The Morgan fingerprint density at radius 3 is 2.30 bits per heavy atom. The number of carbonyl (C=O) groups excluding carboxylic acids is 1. The molecule has 1 rings (SSSR count). The molecule has 0 bridgehead atoms. The van der Waals surface area contributed by atoms with Gasteiger partial charge in [0.1, 0.15) is 0 Å². The summed E-state index contributed by atoms with van der Waals surface area (Å²) in [6, 6.07) is 7.48. The summed E-state index contributed by atoms with van der Waals surface area (Å²) in [5.41, 5.74) is 6.98. The van der Waals surface area contributed by atoms with Crippen LogP contribution >= 0.6 is 15.9 Å². The zero-order valence-corrected chi connectivity index (χ0v) is 13.5. The number of carbonyl (C=O) groups is 1. The van der Waals surface area contributed by atoms with E-state index in [1.807, 2.05) is 12.1 Å². The van der Waals surface area contributed by atoms with E-state index in [4.69, 9.17) is 10.5 Å². The van der Waals surface area contributed by atoms with Crippen molar-refractivity contribution in [2.45, 2.75) is 38.5 Å². The number of nitrogens with two attached hydrogens (primary N) is 1. The van der Waals surface area contributed by atoms with Crippen molar-refractivity contribution in [3.63, 3.8) is 0 Å². The summed E-state index contributed by atoms with van der Waals surface area (Å²) < 4.78 is 5.61. The van der Waals surface area contributed by atoms with Gasteiger partial charge in [0.15, 0.2) is 0 Å². The van der Waals surface area contributed by atoms with Crippen molar-refractivity contribution in [2.24, 2.45) is 5.73 Å². The monoisotopic (exact) mass is 341 g/mol. The summed E-state index contributed by atoms with van der Waals surface area (Å²) in [6.45, 7) is 1.67. The van der Waals surface area contributed by atoms with Crippen LogP contribution in [-0.2, 0) is 11.2 Å². The van der Waals surface area contributed by atoms with E-state index in [9.17, 15) is 4.79 Å². The van der Waals surface area contributed by atoms with Crippen molar-refractivity contribution < 1.29 is 9.53 Å². The first-order valence-corrected chi connectivity index (χ1v) is 8.38. The maximum Gasteiger partial charge on any atom is 0.248 e. The number of rotatable bonds is 11. The van der Waals surface area contributed by atoms with E-state index in [-0.39, 0.29) is 5.91 Å². The van der Waals surface area contributed by atoms with Gasteiger partial charge in [-0.25, -0.2) is 0 Å². The highest BCUT2D eigenvalue weighted by Gasteiger charge is 1.99. The second-order valence-electron chi connectivity index (χ2n) is 4.88. The third-order valence-electron chi connectivity index (χ3n) is 3.16. The molecule has 0 aliphatic rings. The summed E-state index contributed by atoms with van der Waals surface area (Å²) in [5.74, 6) is -0.375. The second-order valence-corrected chi connectivity index (χ2v) is 5.67. The standard InChI is InChI=1S/C16H24BrNO2/c17-11-3-1-2-4-12-20-13-5-6-14-7-9-15(10-8-14)16(18)19/h7-10H,1-6,11-13H2,(H2,18,19). The molecule has 0 unspecified atom stereocenters. The fourth-order valence-electron chi connectivity index (χ4n) is 1.97. The third kappa shape index (κ3) is 7.65. The fourth-order valence-corrected chi connectivity index (χ4v) is 2.36. The average molecular weight is 342 g/mol. The van der Waals surface area contributed by atoms with E-state index in [0.717, 1.165) is 37.8 Å². The fraction of sp³-hybridized carbons (Fsp3) is 0.562. The lowest BCUT2D eigenvalue weighted by molar-refractivity contribution is 0.1000. The Kier molecular flexibility index (Phi) is 9.33. The Labute approximate surface area is 130 Å². The normalized spacial score (nSPS) is 10.7. The molecular weight excluding hydrogens is 318 g/mol. The molecule has 0 saturated carbocycles. The van der Waals surface area contributed by atoms with E-state index in [0.29, 0.717) is 5.56 Å². The van der Waals surface area contributed by atoms with E-state index >= 15 is 0 Å². The molecule has 20 heavy (non-hydrogen) atoms. The van der Waals surface area contributed by atoms with E-state index in [2.05, 4.69) is 15.9 Å². The van der Waals surface area contributed by atoms with Crippen molar-refractivity contribution in [3.8, 4) is 0 Å². The van der Waals surface area contributed by atoms with Gasteiger partial charge < -0.3 is 10.5 Å². The highest BCUT2D eigenvalue weighted by molar-refractivity contribution is 9.09. The largest absolute Gasteiger partial charge is 0.381 e. The smallest absolute Gasteiger partial charge is 0.248 e. The highest BCUT2D eigenvalue weighted by atomic mass is 79.9. The topological polar surface area (TPSA) is 52.3 Å². The maximum absolute atomic E-state index is 10.9. The summed E-state index contributed by atoms with van der Waals surface area (Å²) >= 11 is 3.43. The predicted molar refractivity (Wildman–Crippen MR) is 86.4 cm³/mol. The lowest BCUT2D eigenvalue weighted by atomic mass is 10.1. The molecule has 0 radical (unpaired) electrons. The Hall–Kier alpha value is -0.870. The number of alkyl halides is 1. The number of unbranched alkanes of at least 4 members (excludes halogenated alkanes) is 3. The summed E-state index contributed by atoms with van der Waals surface area (Å²) in [7, 11) is 0. The van der Waals surface area contributed by atoms with Crippen LogP contribution in [0.2, 0.25) is 0 Å². The summed E-state index contributed by atoms with van der Waals surface area (Å²) in [4.78, 5) is 10.9. The van der Waals surface area contributed by atoms with Gasteiger partial charge in [-0.1, -0.05) is 40.9 Å². The van der Waals surface area contributed by atoms with E-state index in [1.54, 1.807) is 12.1 Å². The van der Waals surface area contributed by atoms with Crippen LogP contribution in [0.3, 0.4) is 0 Å². The number of primary amides is 1. The van der Waals surface area contributed by atoms with E-state index < -0.39 is 0 Å². The summed E-state index contributed by atoms with van der Waals surface area (Å²) in [5, 5.41) is 1.10. The van der Waals surface area contributed by atoms with Gasteiger partial charge in [-0.3, -0.25) is 4.79 Å². The number of benzene rings is 1. The molecule has 0 heterocycles. The van der Waals surface area contributed by atoms with Gasteiger partial charge >= 0.3 is 0 Å². The first-order chi connectivity index (χ1) is 9.74. The van der Waals surface area contributed by atoms with Gasteiger partial charge in [0.05, 0.1) is 0 Å². The molecule has 0 aliphatic carbocycles. The molecule has 1 aromatic rings. The average Bonchev–Trinajstić information content (AvgIpc) is 2.46. The minimum Gasteiger partial charge on any atom is -0.381 e. The molecule has 0 spiro atoms. The van der Waals surface area contributed by atoms with Crippen LogP contribution in [0.25, 0.3) is 0 Å². The van der Waals surface area contributed by atoms with Crippen LogP contribution in [0.15, 0.2) is 24.3 Å². The van der Waals surface area contributed by atoms with Gasteiger partial charge in [0.2, 0.25) is 5.91 Å². The van der Waals surface area contributed by atoms with Crippen LogP contribution in [0.4, 0.5) is 0 Å². The molecule has 2 N–H and O–H groups in total. The number of amides is 1. The Balaban J connectivity index is 2.02. The van der Waals surface area contributed by atoms with Crippen LogP contribution < -0.4 is 5.73 Å². The highest BCUT2D eigenvalue weighted by Crippen LogP contribution is 2.07. The number of hydrogen-bond donors (Lipinski definition) is 1. The molecular formula is C16H24BrNO2. The van der Waals surface area contributed by atoms with Gasteiger partial charge in [-0.15, -0.1) is 0 Å². The molecule has 3 nitrogen and oxygen atoms in total. The SMILES string of the molecule is NC(=O)c1ccc(CCCOCCCCCCBr)cc1. The van der Waals surface area contributed by atoms with Crippen LogP contribution in [0.5, 0.6) is 0 Å². The molecule has 0 atom stereocenters. The van der Waals surface area contributed by atoms with Crippen molar-refractivity contribution in [2.75, 3.05) is 18.5 Å². The molecule has 0 fully saturated rings. The van der Waals surface area contributed by atoms with Gasteiger partial charge in [0, 0.05) is 24.1 Å². The molecule has 112 valence electrons. The quantitative estimate of drug-likeness (QED) is 0.493. The predicted octanol–water partition coefficient (Wildman–Crippen LogP) is 3.69. The lowest BCUT2D eigenvalue weighted by Gasteiger charge is -2.05. The van der Waals surface area contributed by atoms with Crippen molar-refractivity contribution >= 4 is 21.8 Å². The third-order valence-corrected chi connectivity index (χ3v) is 3.73. The first kappa shape index (κ1) is 17.2. The molecule has 0 aliphatic heterocycles. The van der Waals surface area contributed by atoms with Crippen LogP contribution in [0, 0.1) is 0 Å². The molecule has 0 aromatic heterocycles. The summed E-state index contributed by atoms with van der Waals surface area (Å²) in [6.07, 6.45) is 6.92. The Bertz CT molecular complexity index is 379. The number of hydrogen-bond acceptors (Lipinski definition) is 2. The van der Waals surface area contributed by atoms with E-state index in [1.165, 1.54) is 24.8 Å². The van der Waals surface area contributed by atoms with Crippen molar-refractivity contribution in [1.29, 1.82) is 0 Å². The number of ether oxygens (including phenoxy) is 1. The first-order valence-electron chi connectivity index (χ1n) is 7.26. The van der Waals surface area contributed by atoms with Gasteiger partial charge in [-0.2, -0.15) is 0 Å². The number of aryl methyl sites for hydroxylation is 1. The lowest BCUT2D eigenvalue weighted by Crippen LogP contribution is -2.10. The molecule has 1 amide bonds. The van der Waals surface area contributed by atoms with Crippen LogP contribution in [-0.4, -0.2) is 24.5 Å². The molecule has 4 heteroatoms. The Morgan fingerprint density at radius 1 is 1.00 bits per heavy atom. The zero-order chi connectivity index (χ0) is 14.6. The minimum absolute atomic E-state index is 0.375. The van der Waals surface area contributed by atoms with Gasteiger partial charge in [-0.05, 0) is 43.4 Å². The molecule has 0 saturated heterocycles. The minimum atomic E-state index is -0.375. The van der Waals surface area contributed by atoms with Crippen molar-refractivity contribution in [1.82, 2.24) is 0 Å². The second kappa shape index (κ2) is 10.9. The maximum atomic E-state index is 10.9. The van der Waals surface area contributed by atoms with Gasteiger partial charge in [0.25, 0.3) is 0 Å². The zero-order valence-electron chi connectivity index (χ0n) is 11.9. The number of halogens is 1. The Morgan fingerprint density at radius 2 is 1.65 bits per heavy atom. The molecule has 1 aromatic carbocycles.